The molecule has 3 heteroatoms. The number of hydrogen-bond donors (Lipinski definition) is 0. The van der Waals surface area contributed by atoms with Gasteiger partial charge in [-0.15, -0.1) is 0 Å². The number of halogens is 2. The SMILES string of the molecule is O=C(/C=C/c1ccc(F)cc1)C(=Cc1ccc(F)cc1)c1ccccc1. The fraction of sp³-hybridized carbons (Fsp3) is 0. The van der Waals surface area contributed by atoms with Crippen LogP contribution in [0.25, 0.3) is 17.7 Å². The van der Waals surface area contributed by atoms with Crippen molar-refractivity contribution in [3.63, 3.8) is 0 Å². The summed E-state index contributed by atoms with van der Waals surface area (Å²) in [5, 5.41) is 0. The van der Waals surface area contributed by atoms with E-state index in [1.807, 2.05) is 30.3 Å². The highest BCUT2D eigenvalue weighted by atomic mass is 19.1. The fourth-order valence-electron chi connectivity index (χ4n) is 2.48. The second-order valence-corrected chi connectivity index (χ2v) is 5.72. The van der Waals surface area contributed by atoms with Crippen LogP contribution in [-0.4, -0.2) is 5.78 Å². The zero-order valence-corrected chi connectivity index (χ0v) is 13.9. The third-order valence-corrected chi connectivity index (χ3v) is 3.83. The van der Waals surface area contributed by atoms with Gasteiger partial charge in [0.05, 0.1) is 0 Å². The summed E-state index contributed by atoms with van der Waals surface area (Å²) in [4.78, 5) is 12.8. The van der Waals surface area contributed by atoms with E-state index >= 15 is 0 Å². The predicted molar refractivity (Wildman–Crippen MR) is 101 cm³/mol. The van der Waals surface area contributed by atoms with Crippen molar-refractivity contribution in [2.45, 2.75) is 0 Å². The third-order valence-electron chi connectivity index (χ3n) is 3.83. The molecule has 128 valence electrons. The lowest BCUT2D eigenvalue weighted by Gasteiger charge is -2.05. The van der Waals surface area contributed by atoms with Crippen molar-refractivity contribution in [3.8, 4) is 0 Å². The van der Waals surface area contributed by atoms with Gasteiger partial charge in [0, 0.05) is 5.57 Å². The van der Waals surface area contributed by atoms with Crippen molar-refractivity contribution in [1.29, 1.82) is 0 Å². The van der Waals surface area contributed by atoms with Crippen LogP contribution in [0, 0.1) is 11.6 Å². The van der Waals surface area contributed by atoms with Crippen LogP contribution < -0.4 is 0 Å². The topological polar surface area (TPSA) is 17.1 Å². The Morgan fingerprint density at radius 2 is 1.23 bits per heavy atom. The maximum absolute atomic E-state index is 13.1. The predicted octanol–water partition coefficient (Wildman–Crippen LogP) is 5.79. The summed E-state index contributed by atoms with van der Waals surface area (Å²) in [7, 11) is 0. The van der Waals surface area contributed by atoms with Gasteiger partial charge in [0.1, 0.15) is 11.6 Å². The second kappa shape index (κ2) is 8.17. The third kappa shape index (κ3) is 4.61. The largest absolute Gasteiger partial charge is 0.289 e. The summed E-state index contributed by atoms with van der Waals surface area (Å²) >= 11 is 0. The average molecular weight is 346 g/mol. The summed E-state index contributed by atoms with van der Waals surface area (Å²) in [6.07, 6.45) is 4.82. The lowest BCUT2D eigenvalue weighted by atomic mass is 9.98. The Bertz CT molecular complexity index is 938. The van der Waals surface area contributed by atoms with Crippen LogP contribution in [0.4, 0.5) is 8.78 Å². The molecule has 3 aromatic rings. The molecule has 0 unspecified atom stereocenters. The maximum Gasteiger partial charge on any atom is 0.186 e. The average Bonchev–Trinajstić information content (AvgIpc) is 2.67. The minimum Gasteiger partial charge on any atom is -0.289 e. The molecule has 3 rings (SSSR count). The molecular weight excluding hydrogens is 330 g/mol. The van der Waals surface area contributed by atoms with E-state index in [-0.39, 0.29) is 17.4 Å². The summed E-state index contributed by atoms with van der Waals surface area (Å²) in [5.74, 6) is -0.842. The normalized spacial score (nSPS) is 11.7. The first-order chi connectivity index (χ1) is 12.6. The van der Waals surface area contributed by atoms with E-state index in [0.717, 1.165) is 16.7 Å². The summed E-state index contributed by atoms with van der Waals surface area (Å²) < 4.78 is 26.1. The lowest BCUT2D eigenvalue weighted by Crippen LogP contribution is -1.98. The molecule has 0 spiro atoms. The van der Waals surface area contributed by atoms with Crippen molar-refractivity contribution >= 4 is 23.5 Å². The minimum atomic E-state index is -0.328. The van der Waals surface area contributed by atoms with Crippen molar-refractivity contribution in [2.24, 2.45) is 0 Å². The molecule has 26 heavy (non-hydrogen) atoms. The first kappa shape index (κ1) is 17.5. The molecule has 0 bridgehead atoms. The van der Waals surface area contributed by atoms with Crippen LogP contribution in [-0.2, 0) is 4.79 Å². The van der Waals surface area contributed by atoms with Gasteiger partial charge < -0.3 is 0 Å². The summed E-state index contributed by atoms with van der Waals surface area (Å²) in [5.41, 5.74) is 2.73. The van der Waals surface area contributed by atoms with E-state index in [4.69, 9.17) is 0 Å². The Kier molecular flexibility index (Phi) is 5.49. The zero-order chi connectivity index (χ0) is 18.4. The van der Waals surface area contributed by atoms with Gasteiger partial charge in [-0.3, -0.25) is 4.79 Å². The number of rotatable bonds is 5. The van der Waals surface area contributed by atoms with Gasteiger partial charge in [-0.25, -0.2) is 8.78 Å². The first-order valence-corrected chi connectivity index (χ1v) is 8.12. The van der Waals surface area contributed by atoms with Crippen molar-refractivity contribution in [1.82, 2.24) is 0 Å². The quantitative estimate of drug-likeness (QED) is 0.422. The number of benzene rings is 3. The number of carbonyl (C=O) groups excluding carboxylic acids is 1. The van der Waals surface area contributed by atoms with Gasteiger partial charge in [-0.2, -0.15) is 0 Å². The molecular formula is C23H16F2O. The van der Waals surface area contributed by atoms with E-state index < -0.39 is 0 Å². The fourth-order valence-corrected chi connectivity index (χ4v) is 2.48. The number of ketones is 1. The molecule has 0 aliphatic carbocycles. The van der Waals surface area contributed by atoms with E-state index in [0.29, 0.717) is 5.57 Å². The summed E-state index contributed by atoms with van der Waals surface area (Å²) in [6.45, 7) is 0. The van der Waals surface area contributed by atoms with Gasteiger partial charge in [0.25, 0.3) is 0 Å². The highest BCUT2D eigenvalue weighted by molar-refractivity contribution is 6.30. The van der Waals surface area contributed by atoms with E-state index in [1.165, 1.54) is 30.3 Å². The molecule has 0 saturated carbocycles. The van der Waals surface area contributed by atoms with Gasteiger partial charge >= 0.3 is 0 Å². The van der Waals surface area contributed by atoms with E-state index in [1.54, 1.807) is 36.4 Å². The molecule has 0 fully saturated rings. The zero-order valence-electron chi connectivity index (χ0n) is 13.9. The molecule has 0 amide bonds. The Morgan fingerprint density at radius 3 is 1.81 bits per heavy atom. The monoisotopic (exact) mass is 346 g/mol. The van der Waals surface area contributed by atoms with Crippen LogP contribution in [0.15, 0.2) is 84.9 Å². The Balaban J connectivity index is 1.93. The second-order valence-electron chi connectivity index (χ2n) is 5.72. The van der Waals surface area contributed by atoms with Crippen LogP contribution >= 0.6 is 0 Å². The molecule has 0 N–H and O–H groups in total. The first-order valence-electron chi connectivity index (χ1n) is 8.12. The van der Waals surface area contributed by atoms with Gasteiger partial charge in [0.2, 0.25) is 0 Å². The molecule has 0 aliphatic rings. The van der Waals surface area contributed by atoms with Crippen LogP contribution in [0.5, 0.6) is 0 Å². The van der Waals surface area contributed by atoms with E-state index in [9.17, 15) is 13.6 Å². The molecule has 0 atom stereocenters. The van der Waals surface area contributed by atoms with Crippen LogP contribution in [0.3, 0.4) is 0 Å². The van der Waals surface area contributed by atoms with Gasteiger partial charge in [0.15, 0.2) is 5.78 Å². The van der Waals surface area contributed by atoms with Crippen molar-refractivity contribution in [2.75, 3.05) is 0 Å². The molecule has 0 heterocycles. The lowest BCUT2D eigenvalue weighted by molar-refractivity contribution is -0.109. The number of allylic oxidation sites excluding steroid dienone is 2. The van der Waals surface area contributed by atoms with Crippen molar-refractivity contribution < 1.29 is 13.6 Å². The highest BCUT2D eigenvalue weighted by Crippen LogP contribution is 2.20. The maximum atomic E-state index is 13.1. The molecule has 3 aromatic carbocycles. The smallest absolute Gasteiger partial charge is 0.186 e. The molecule has 1 nitrogen and oxygen atoms in total. The standard InChI is InChI=1S/C23H16F2O/c24-20-11-6-17(7-12-20)10-15-23(26)22(19-4-2-1-3-5-19)16-18-8-13-21(25)14-9-18/h1-16H/b15-10+,22-16?. The molecule has 0 aliphatic heterocycles. The Labute approximate surface area is 150 Å². The van der Waals surface area contributed by atoms with E-state index in [2.05, 4.69) is 0 Å². The molecule has 0 saturated heterocycles. The Hall–Kier alpha value is -3.33. The summed E-state index contributed by atoms with van der Waals surface area (Å²) in [6, 6.07) is 21.1. The van der Waals surface area contributed by atoms with Crippen molar-refractivity contribution in [3.05, 3.63) is 113 Å². The molecule has 0 radical (unpaired) electrons. The number of carbonyl (C=O) groups is 1. The van der Waals surface area contributed by atoms with Crippen LogP contribution in [0.2, 0.25) is 0 Å². The highest BCUT2D eigenvalue weighted by Gasteiger charge is 2.09. The Morgan fingerprint density at radius 1 is 0.692 bits per heavy atom. The van der Waals surface area contributed by atoms with Gasteiger partial charge in [-0.1, -0.05) is 60.7 Å². The van der Waals surface area contributed by atoms with Gasteiger partial charge in [-0.05, 0) is 53.1 Å². The minimum absolute atomic E-state index is 0.190. The molecule has 0 aromatic heterocycles. The van der Waals surface area contributed by atoms with Crippen LogP contribution in [0.1, 0.15) is 16.7 Å². The number of hydrogen-bond acceptors (Lipinski definition) is 1.